The van der Waals surface area contributed by atoms with Crippen LogP contribution in [0.4, 0.5) is 0 Å². The second kappa shape index (κ2) is 8.74. The minimum Gasteiger partial charge on any atom is -0.375 e. The SMILES string of the molecule is O=C(NCC1CCOC2(CCN(C(=O)c3cccc4[nH]ccc34)CC2)C1)c1ccccn1. The molecule has 7 heteroatoms. The van der Waals surface area contributed by atoms with E-state index in [0.29, 0.717) is 37.9 Å². The van der Waals surface area contributed by atoms with E-state index in [1.807, 2.05) is 41.4 Å². The molecule has 0 saturated carbocycles. The molecule has 7 nitrogen and oxygen atoms in total. The average molecular weight is 433 g/mol. The fraction of sp³-hybridized carbons (Fsp3) is 0.400. The molecule has 5 rings (SSSR count). The van der Waals surface area contributed by atoms with Crippen molar-refractivity contribution in [3.05, 3.63) is 66.1 Å². The first-order chi connectivity index (χ1) is 15.6. The standard InChI is InChI=1S/C25H28N4O3/c30-23(22-5-1-2-11-26-22)28-17-18-8-15-32-25(16-18)9-13-29(14-10-25)24(31)20-4-3-6-21-19(20)7-12-27-21/h1-7,11-12,18,27H,8-10,13-17H2,(H,28,30). The maximum absolute atomic E-state index is 13.2. The molecule has 0 bridgehead atoms. The zero-order valence-corrected chi connectivity index (χ0v) is 18.0. The van der Waals surface area contributed by atoms with Crippen LogP contribution in [0.1, 0.15) is 46.5 Å². The molecule has 2 fully saturated rings. The predicted octanol–water partition coefficient (Wildman–Crippen LogP) is 3.39. The molecule has 2 amide bonds. The van der Waals surface area contributed by atoms with Crippen LogP contribution in [0.2, 0.25) is 0 Å². The number of nitrogens with zero attached hydrogens (tertiary/aromatic N) is 2. The number of hydrogen-bond donors (Lipinski definition) is 2. The summed E-state index contributed by atoms with van der Waals surface area (Å²) in [7, 11) is 0. The van der Waals surface area contributed by atoms with E-state index in [9.17, 15) is 9.59 Å². The van der Waals surface area contributed by atoms with Gasteiger partial charge in [0, 0.05) is 55.1 Å². The van der Waals surface area contributed by atoms with Gasteiger partial charge in [0.25, 0.3) is 11.8 Å². The Morgan fingerprint density at radius 3 is 2.84 bits per heavy atom. The van der Waals surface area contributed by atoms with Crippen LogP contribution in [-0.2, 0) is 4.74 Å². The van der Waals surface area contributed by atoms with Gasteiger partial charge in [0.05, 0.1) is 5.60 Å². The monoisotopic (exact) mass is 432 g/mol. The van der Waals surface area contributed by atoms with Gasteiger partial charge in [-0.25, -0.2) is 0 Å². The molecule has 2 aromatic heterocycles. The van der Waals surface area contributed by atoms with Crippen LogP contribution in [-0.4, -0.2) is 58.5 Å². The van der Waals surface area contributed by atoms with Crippen LogP contribution in [0, 0.1) is 5.92 Å². The number of aromatic amines is 1. The molecule has 1 aromatic carbocycles. The minimum atomic E-state index is -0.199. The highest BCUT2D eigenvalue weighted by Gasteiger charge is 2.41. The number of aromatic nitrogens is 2. The molecular formula is C25H28N4O3. The Morgan fingerprint density at radius 1 is 1.16 bits per heavy atom. The number of piperidine rings is 1. The van der Waals surface area contributed by atoms with Crippen molar-refractivity contribution < 1.29 is 14.3 Å². The van der Waals surface area contributed by atoms with E-state index in [1.165, 1.54) is 0 Å². The summed E-state index contributed by atoms with van der Waals surface area (Å²) >= 11 is 0. The number of amides is 2. The number of fused-ring (bicyclic) bond motifs is 1. The quantitative estimate of drug-likeness (QED) is 0.662. The number of likely N-dealkylation sites (tertiary alicyclic amines) is 1. The Kier molecular flexibility index (Phi) is 5.66. The normalized spacial score (nSPS) is 20.4. The van der Waals surface area contributed by atoms with Gasteiger partial charge in [-0.1, -0.05) is 12.1 Å². The lowest BCUT2D eigenvalue weighted by atomic mass is 9.79. The first-order valence-electron chi connectivity index (χ1n) is 11.3. The molecule has 3 aromatic rings. The molecule has 2 aliphatic heterocycles. The summed E-state index contributed by atoms with van der Waals surface area (Å²) in [6.07, 6.45) is 6.99. The van der Waals surface area contributed by atoms with Gasteiger partial charge in [0.2, 0.25) is 0 Å². The fourth-order valence-electron chi connectivity index (χ4n) is 5.04. The second-order valence-electron chi connectivity index (χ2n) is 8.85. The Morgan fingerprint density at radius 2 is 2.03 bits per heavy atom. The maximum atomic E-state index is 13.2. The largest absolute Gasteiger partial charge is 0.375 e. The predicted molar refractivity (Wildman–Crippen MR) is 121 cm³/mol. The van der Waals surface area contributed by atoms with Crippen molar-refractivity contribution >= 4 is 22.7 Å². The van der Waals surface area contributed by atoms with E-state index < -0.39 is 0 Å². The zero-order valence-electron chi connectivity index (χ0n) is 18.0. The smallest absolute Gasteiger partial charge is 0.269 e. The first kappa shape index (κ1) is 20.7. The Labute approximate surface area is 187 Å². The molecule has 2 aliphatic rings. The highest BCUT2D eigenvalue weighted by molar-refractivity contribution is 6.06. The molecule has 2 N–H and O–H groups in total. The molecule has 1 atom stereocenters. The molecule has 1 unspecified atom stereocenters. The van der Waals surface area contributed by atoms with E-state index >= 15 is 0 Å². The van der Waals surface area contributed by atoms with Crippen LogP contribution < -0.4 is 5.32 Å². The maximum Gasteiger partial charge on any atom is 0.269 e. The molecular weight excluding hydrogens is 404 g/mol. The number of nitrogens with one attached hydrogen (secondary N) is 2. The van der Waals surface area contributed by atoms with Gasteiger partial charge in [-0.2, -0.15) is 0 Å². The summed E-state index contributed by atoms with van der Waals surface area (Å²) < 4.78 is 6.25. The van der Waals surface area contributed by atoms with Crippen LogP contribution >= 0.6 is 0 Å². The van der Waals surface area contributed by atoms with Gasteiger partial charge < -0.3 is 19.9 Å². The Hall–Kier alpha value is -3.19. The number of pyridine rings is 1. The van der Waals surface area contributed by atoms with Crippen LogP contribution in [0.3, 0.4) is 0 Å². The van der Waals surface area contributed by atoms with Crippen LogP contribution in [0.25, 0.3) is 10.9 Å². The number of rotatable bonds is 4. The number of carbonyl (C=O) groups is 2. The lowest BCUT2D eigenvalue weighted by Gasteiger charge is -2.46. The van der Waals surface area contributed by atoms with Gasteiger partial charge in [-0.3, -0.25) is 14.6 Å². The highest BCUT2D eigenvalue weighted by atomic mass is 16.5. The average Bonchev–Trinajstić information content (AvgIpc) is 3.32. The number of hydrogen-bond acceptors (Lipinski definition) is 4. The summed E-state index contributed by atoms with van der Waals surface area (Å²) in [6, 6.07) is 13.1. The van der Waals surface area contributed by atoms with Gasteiger partial charge in [-0.05, 0) is 61.9 Å². The van der Waals surface area contributed by atoms with E-state index in [2.05, 4.69) is 15.3 Å². The molecule has 32 heavy (non-hydrogen) atoms. The lowest BCUT2D eigenvalue weighted by molar-refractivity contribution is -0.122. The molecule has 1 spiro atoms. The lowest BCUT2D eigenvalue weighted by Crippen LogP contribution is -2.51. The minimum absolute atomic E-state index is 0.0834. The zero-order chi connectivity index (χ0) is 22.0. The topological polar surface area (TPSA) is 87.3 Å². The molecule has 0 radical (unpaired) electrons. The van der Waals surface area contributed by atoms with Crippen LogP contribution in [0.5, 0.6) is 0 Å². The third-order valence-electron chi connectivity index (χ3n) is 6.83. The van der Waals surface area contributed by atoms with Crippen molar-refractivity contribution in [2.45, 2.75) is 31.3 Å². The number of ether oxygens (including phenoxy) is 1. The number of carbonyl (C=O) groups excluding carboxylic acids is 2. The van der Waals surface area contributed by atoms with Crippen molar-refractivity contribution in [2.24, 2.45) is 5.92 Å². The summed E-state index contributed by atoms with van der Waals surface area (Å²) in [5.74, 6) is 0.317. The van der Waals surface area contributed by atoms with Gasteiger partial charge in [0.15, 0.2) is 0 Å². The van der Waals surface area contributed by atoms with E-state index in [-0.39, 0.29) is 17.4 Å². The summed E-state index contributed by atoms with van der Waals surface area (Å²) in [5.41, 5.74) is 1.98. The Balaban J connectivity index is 1.18. The third kappa shape index (κ3) is 4.12. The van der Waals surface area contributed by atoms with E-state index in [4.69, 9.17) is 4.74 Å². The highest BCUT2D eigenvalue weighted by Crippen LogP contribution is 2.38. The molecule has 0 aliphatic carbocycles. The summed E-state index contributed by atoms with van der Waals surface area (Å²) in [4.78, 5) is 34.7. The van der Waals surface area contributed by atoms with Crippen molar-refractivity contribution in [3.63, 3.8) is 0 Å². The van der Waals surface area contributed by atoms with Crippen LogP contribution in [0.15, 0.2) is 54.9 Å². The van der Waals surface area contributed by atoms with Crippen molar-refractivity contribution in [2.75, 3.05) is 26.2 Å². The van der Waals surface area contributed by atoms with Gasteiger partial charge >= 0.3 is 0 Å². The van der Waals surface area contributed by atoms with Gasteiger partial charge in [0.1, 0.15) is 5.69 Å². The third-order valence-corrected chi connectivity index (χ3v) is 6.83. The van der Waals surface area contributed by atoms with Crippen molar-refractivity contribution in [3.8, 4) is 0 Å². The Bertz CT molecular complexity index is 1100. The molecule has 2 saturated heterocycles. The first-order valence-corrected chi connectivity index (χ1v) is 11.3. The van der Waals surface area contributed by atoms with E-state index in [1.54, 1.807) is 18.3 Å². The summed E-state index contributed by atoms with van der Waals surface area (Å²) in [5, 5.41) is 4.00. The van der Waals surface area contributed by atoms with Gasteiger partial charge in [-0.15, -0.1) is 0 Å². The molecule has 166 valence electrons. The number of H-pyrrole nitrogens is 1. The summed E-state index contributed by atoms with van der Waals surface area (Å²) in [6.45, 7) is 2.69. The van der Waals surface area contributed by atoms with Crippen molar-refractivity contribution in [1.29, 1.82) is 0 Å². The van der Waals surface area contributed by atoms with E-state index in [0.717, 1.165) is 42.1 Å². The second-order valence-corrected chi connectivity index (χ2v) is 8.85. The number of benzene rings is 1. The molecule has 4 heterocycles. The van der Waals surface area contributed by atoms with Crippen molar-refractivity contribution in [1.82, 2.24) is 20.2 Å². The fourth-order valence-corrected chi connectivity index (χ4v) is 5.04.